The summed E-state index contributed by atoms with van der Waals surface area (Å²) in [5, 5.41) is 3.53. The van der Waals surface area contributed by atoms with E-state index >= 15 is 0 Å². The summed E-state index contributed by atoms with van der Waals surface area (Å²) in [6.07, 6.45) is 0. The van der Waals surface area contributed by atoms with Crippen molar-refractivity contribution in [3.05, 3.63) is 34.1 Å². The topological polar surface area (TPSA) is 24.5 Å². The van der Waals surface area contributed by atoms with E-state index < -0.39 is 0 Å². The van der Waals surface area contributed by atoms with Crippen molar-refractivity contribution in [2.24, 2.45) is 0 Å². The quantitative estimate of drug-likeness (QED) is 0.895. The molecule has 0 bridgehead atoms. The van der Waals surface area contributed by atoms with Crippen LogP contribution in [0.15, 0.2) is 22.7 Å². The van der Waals surface area contributed by atoms with Crippen molar-refractivity contribution in [3.63, 3.8) is 0 Å². The smallest absolute Gasteiger partial charge is 0.127 e. The molecule has 2 heterocycles. The van der Waals surface area contributed by atoms with Crippen LogP contribution in [0, 0.1) is 5.82 Å². The van der Waals surface area contributed by atoms with Crippen LogP contribution >= 0.6 is 15.9 Å². The van der Waals surface area contributed by atoms with Crippen molar-refractivity contribution >= 4 is 15.9 Å². The van der Waals surface area contributed by atoms with Gasteiger partial charge in [0.2, 0.25) is 0 Å². The molecule has 5 heteroatoms. The molecule has 2 aliphatic rings. The molecule has 2 fully saturated rings. The van der Waals surface area contributed by atoms with E-state index in [0.29, 0.717) is 13.2 Å². The first kappa shape index (κ1) is 13.5. The Hall–Kier alpha value is -0.490. The van der Waals surface area contributed by atoms with E-state index in [4.69, 9.17) is 4.74 Å². The third-order valence-corrected chi connectivity index (χ3v) is 4.72. The van der Waals surface area contributed by atoms with Crippen LogP contribution in [-0.2, 0) is 10.2 Å². The number of likely N-dealkylation sites (N-methyl/N-ethyl adjacent to an activating group) is 1. The first-order chi connectivity index (χ1) is 9.12. The standard InChI is InChI=1S/C14H18BrFN2O/c1-18-5-4-17-13(7-18)14(8-19-9-14)11-6-10(15)2-3-12(11)16/h2-3,6,13,17H,4-5,7-9H2,1H3. The number of hydrogen-bond donors (Lipinski definition) is 1. The van der Waals surface area contributed by atoms with Crippen molar-refractivity contribution in [2.75, 3.05) is 39.9 Å². The molecule has 104 valence electrons. The zero-order valence-corrected chi connectivity index (χ0v) is 12.5. The van der Waals surface area contributed by atoms with E-state index in [2.05, 4.69) is 33.2 Å². The molecular weight excluding hydrogens is 311 g/mol. The number of nitrogens with one attached hydrogen (secondary N) is 1. The Morgan fingerprint density at radius 3 is 2.89 bits per heavy atom. The molecule has 0 spiro atoms. The van der Waals surface area contributed by atoms with Gasteiger partial charge in [-0.2, -0.15) is 0 Å². The lowest BCUT2D eigenvalue weighted by molar-refractivity contribution is -0.0880. The Bertz CT molecular complexity index is 479. The van der Waals surface area contributed by atoms with Gasteiger partial charge in [-0.15, -0.1) is 0 Å². The highest BCUT2D eigenvalue weighted by atomic mass is 79.9. The predicted octanol–water partition coefficient (Wildman–Crippen LogP) is 1.76. The summed E-state index contributed by atoms with van der Waals surface area (Å²) in [6, 6.07) is 5.41. The highest BCUT2D eigenvalue weighted by Gasteiger charge is 2.49. The molecule has 2 saturated heterocycles. The zero-order valence-electron chi connectivity index (χ0n) is 11.0. The van der Waals surface area contributed by atoms with Crippen molar-refractivity contribution in [2.45, 2.75) is 11.5 Å². The molecular formula is C14H18BrFN2O. The van der Waals surface area contributed by atoms with Gasteiger partial charge in [0.1, 0.15) is 5.82 Å². The Morgan fingerprint density at radius 2 is 2.26 bits per heavy atom. The molecule has 1 atom stereocenters. The summed E-state index contributed by atoms with van der Waals surface area (Å²) >= 11 is 3.44. The molecule has 0 amide bonds. The summed E-state index contributed by atoms with van der Waals surface area (Å²) in [5.74, 6) is -0.137. The summed E-state index contributed by atoms with van der Waals surface area (Å²) < 4.78 is 20.6. The average Bonchev–Trinajstić information content (AvgIpc) is 2.32. The molecule has 0 aromatic heterocycles. The number of rotatable bonds is 2. The normalized spacial score (nSPS) is 27.0. The summed E-state index contributed by atoms with van der Waals surface area (Å²) in [4.78, 5) is 2.29. The third-order valence-electron chi connectivity index (χ3n) is 4.23. The van der Waals surface area contributed by atoms with Gasteiger partial charge in [-0.3, -0.25) is 0 Å². The molecule has 0 saturated carbocycles. The SMILES string of the molecule is CN1CCNC(C2(c3cc(Br)ccc3F)COC2)C1. The maximum Gasteiger partial charge on any atom is 0.127 e. The lowest BCUT2D eigenvalue weighted by Gasteiger charge is -2.50. The van der Waals surface area contributed by atoms with E-state index in [1.807, 2.05) is 6.07 Å². The molecule has 1 N–H and O–H groups in total. The maximum absolute atomic E-state index is 14.2. The van der Waals surface area contributed by atoms with Crippen LogP contribution in [-0.4, -0.2) is 50.8 Å². The van der Waals surface area contributed by atoms with Gasteiger partial charge in [0.05, 0.1) is 18.6 Å². The van der Waals surface area contributed by atoms with E-state index in [0.717, 1.165) is 29.7 Å². The van der Waals surface area contributed by atoms with Gasteiger partial charge >= 0.3 is 0 Å². The molecule has 2 aliphatic heterocycles. The van der Waals surface area contributed by atoms with Crippen LogP contribution in [0.5, 0.6) is 0 Å². The van der Waals surface area contributed by atoms with Crippen LogP contribution in [0.2, 0.25) is 0 Å². The minimum absolute atomic E-state index is 0.137. The molecule has 19 heavy (non-hydrogen) atoms. The van der Waals surface area contributed by atoms with Gasteiger partial charge in [0, 0.05) is 35.7 Å². The molecule has 1 aromatic carbocycles. The summed E-state index contributed by atoms with van der Waals surface area (Å²) in [6.45, 7) is 4.08. The largest absolute Gasteiger partial charge is 0.379 e. The van der Waals surface area contributed by atoms with Crippen LogP contribution in [0.4, 0.5) is 4.39 Å². The number of hydrogen-bond acceptors (Lipinski definition) is 3. The Kier molecular flexibility index (Phi) is 3.64. The zero-order chi connectivity index (χ0) is 13.5. The number of ether oxygens (including phenoxy) is 1. The van der Waals surface area contributed by atoms with Crippen LogP contribution in [0.25, 0.3) is 0 Å². The van der Waals surface area contributed by atoms with Crippen LogP contribution < -0.4 is 5.32 Å². The van der Waals surface area contributed by atoms with E-state index in [1.54, 1.807) is 6.07 Å². The van der Waals surface area contributed by atoms with Crippen LogP contribution in [0.1, 0.15) is 5.56 Å². The molecule has 3 nitrogen and oxygen atoms in total. The second-order valence-corrected chi connectivity index (χ2v) is 6.46. The van der Waals surface area contributed by atoms with E-state index in [-0.39, 0.29) is 17.3 Å². The predicted molar refractivity (Wildman–Crippen MR) is 75.9 cm³/mol. The maximum atomic E-state index is 14.2. The highest BCUT2D eigenvalue weighted by molar-refractivity contribution is 9.10. The number of piperazine rings is 1. The van der Waals surface area contributed by atoms with Gasteiger partial charge in [-0.1, -0.05) is 15.9 Å². The van der Waals surface area contributed by atoms with Crippen molar-refractivity contribution < 1.29 is 9.13 Å². The molecule has 3 rings (SSSR count). The number of benzene rings is 1. The van der Waals surface area contributed by atoms with Crippen molar-refractivity contribution in [3.8, 4) is 0 Å². The number of halogens is 2. The fraction of sp³-hybridized carbons (Fsp3) is 0.571. The van der Waals surface area contributed by atoms with Gasteiger partial charge in [0.15, 0.2) is 0 Å². The monoisotopic (exact) mass is 328 g/mol. The average molecular weight is 329 g/mol. The van der Waals surface area contributed by atoms with Crippen LogP contribution in [0.3, 0.4) is 0 Å². The van der Waals surface area contributed by atoms with E-state index in [9.17, 15) is 4.39 Å². The van der Waals surface area contributed by atoms with Gasteiger partial charge < -0.3 is 15.0 Å². The molecule has 1 aromatic rings. The first-order valence-corrected chi connectivity index (χ1v) is 7.36. The van der Waals surface area contributed by atoms with Crippen molar-refractivity contribution in [1.29, 1.82) is 0 Å². The second kappa shape index (κ2) is 5.13. The Labute approximate surface area is 121 Å². The number of nitrogens with zero attached hydrogens (tertiary/aromatic N) is 1. The minimum atomic E-state index is -0.234. The van der Waals surface area contributed by atoms with Gasteiger partial charge in [-0.05, 0) is 25.2 Å². The van der Waals surface area contributed by atoms with E-state index in [1.165, 1.54) is 6.07 Å². The Morgan fingerprint density at radius 1 is 1.47 bits per heavy atom. The Balaban J connectivity index is 1.96. The lowest BCUT2D eigenvalue weighted by Crippen LogP contribution is -2.66. The summed E-state index contributed by atoms with van der Waals surface area (Å²) in [7, 11) is 2.11. The third kappa shape index (κ3) is 2.33. The molecule has 1 unspecified atom stereocenters. The first-order valence-electron chi connectivity index (χ1n) is 6.57. The lowest BCUT2D eigenvalue weighted by atomic mass is 9.71. The fourth-order valence-corrected chi connectivity index (χ4v) is 3.37. The molecule has 0 radical (unpaired) electrons. The minimum Gasteiger partial charge on any atom is -0.379 e. The highest BCUT2D eigenvalue weighted by Crippen LogP contribution is 2.39. The summed E-state index contributed by atoms with van der Waals surface area (Å²) in [5.41, 5.74) is 0.531. The molecule has 0 aliphatic carbocycles. The van der Waals surface area contributed by atoms with Gasteiger partial charge in [0.25, 0.3) is 0 Å². The van der Waals surface area contributed by atoms with Gasteiger partial charge in [-0.25, -0.2) is 4.39 Å². The second-order valence-electron chi connectivity index (χ2n) is 5.54. The van der Waals surface area contributed by atoms with Crippen molar-refractivity contribution in [1.82, 2.24) is 10.2 Å². The fourth-order valence-electron chi connectivity index (χ4n) is 3.01.